The summed E-state index contributed by atoms with van der Waals surface area (Å²) in [5, 5.41) is 0. The van der Waals surface area contributed by atoms with E-state index >= 15 is 0 Å². The maximum absolute atomic E-state index is 13.3. The van der Waals surface area contributed by atoms with Gasteiger partial charge in [-0.05, 0) is 44.7 Å². The lowest BCUT2D eigenvalue weighted by atomic mass is 9.99. The summed E-state index contributed by atoms with van der Waals surface area (Å²) in [7, 11) is 0.686. The molecule has 0 radical (unpaired) electrons. The van der Waals surface area contributed by atoms with Crippen molar-refractivity contribution in [3.05, 3.63) is 35.1 Å². The van der Waals surface area contributed by atoms with Crippen molar-refractivity contribution < 1.29 is 17.6 Å². The molecule has 0 amide bonds. The van der Waals surface area contributed by atoms with Crippen molar-refractivity contribution in [1.82, 2.24) is 0 Å². The number of halogens is 3. The first-order valence-electron chi connectivity index (χ1n) is 6.04. The molecule has 0 unspecified atom stereocenters. The van der Waals surface area contributed by atoms with Crippen LogP contribution in [0.5, 0.6) is 0 Å². The first kappa shape index (κ1) is 15.2. The van der Waals surface area contributed by atoms with E-state index in [1.54, 1.807) is 0 Å². The van der Waals surface area contributed by atoms with Crippen LogP contribution >= 0.6 is 0 Å². The quantitative estimate of drug-likeness (QED) is 0.441. The number of hydrogen-bond donors (Lipinski definition) is 0. The molecule has 0 aliphatic rings. The van der Waals surface area contributed by atoms with Crippen LogP contribution in [0.1, 0.15) is 38.7 Å². The Balaban J connectivity index is 2.47. The zero-order chi connectivity index (χ0) is 13.8. The van der Waals surface area contributed by atoms with Crippen LogP contribution in [0.15, 0.2) is 12.1 Å². The lowest BCUT2D eigenvalue weighted by molar-refractivity contribution is 0.109. The predicted molar refractivity (Wildman–Crippen MR) is 69.0 cm³/mol. The van der Waals surface area contributed by atoms with Crippen molar-refractivity contribution in [2.24, 2.45) is 0 Å². The van der Waals surface area contributed by atoms with Gasteiger partial charge in [0.05, 0.1) is 0 Å². The highest BCUT2D eigenvalue weighted by Gasteiger charge is 2.15. The van der Waals surface area contributed by atoms with Crippen LogP contribution in [0, 0.1) is 17.5 Å². The Morgan fingerprint density at radius 3 is 2.28 bits per heavy atom. The lowest BCUT2D eigenvalue weighted by Gasteiger charge is -2.23. The highest BCUT2D eigenvalue weighted by atomic mass is 28.2. The summed E-state index contributed by atoms with van der Waals surface area (Å²) in [6, 6.07) is 1.55. The third kappa shape index (κ3) is 4.46. The summed E-state index contributed by atoms with van der Waals surface area (Å²) in [6.45, 7) is 4.02. The van der Waals surface area contributed by atoms with E-state index in [0.29, 0.717) is 23.0 Å². The van der Waals surface area contributed by atoms with Crippen molar-refractivity contribution in [3.8, 4) is 0 Å². The zero-order valence-electron chi connectivity index (χ0n) is 11.0. The van der Waals surface area contributed by atoms with E-state index in [2.05, 4.69) is 0 Å². The van der Waals surface area contributed by atoms with Gasteiger partial charge in [-0.2, -0.15) is 0 Å². The molecule has 102 valence electrons. The van der Waals surface area contributed by atoms with Crippen molar-refractivity contribution in [3.63, 3.8) is 0 Å². The third-order valence-electron chi connectivity index (χ3n) is 3.12. The number of unbranched alkanes of at least 4 members (excludes halogenated alkanes) is 1. The average molecular weight is 276 g/mol. The summed E-state index contributed by atoms with van der Waals surface area (Å²) in [5.41, 5.74) is 0.0947. The molecule has 1 aromatic rings. The SMILES string of the molecule is CC(C)(CCCCc1cc(F)c(F)cc1F)O[SiH3]. The number of hydrogen-bond acceptors (Lipinski definition) is 1. The fraction of sp³-hybridized carbons (Fsp3) is 0.538. The summed E-state index contributed by atoms with van der Waals surface area (Å²) in [6.07, 6.45) is 2.89. The fourth-order valence-corrected chi connectivity index (χ4v) is 1.93. The van der Waals surface area contributed by atoms with E-state index in [1.807, 2.05) is 13.8 Å². The van der Waals surface area contributed by atoms with Gasteiger partial charge in [-0.1, -0.05) is 6.42 Å². The second-order valence-corrected chi connectivity index (χ2v) is 5.44. The Kier molecular flexibility index (Phi) is 5.41. The van der Waals surface area contributed by atoms with Crippen molar-refractivity contribution >= 4 is 10.5 Å². The van der Waals surface area contributed by atoms with Crippen LogP contribution in [0.4, 0.5) is 13.2 Å². The molecular formula is C13H19F3OSi. The Labute approximate surface area is 109 Å². The first-order valence-corrected chi connectivity index (χ1v) is 6.86. The van der Waals surface area contributed by atoms with Crippen molar-refractivity contribution in [1.29, 1.82) is 0 Å². The molecular weight excluding hydrogens is 257 g/mol. The van der Waals surface area contributed by atoms with E-state index < -0.39 is 17.5 Å². The largest absolute Gasteiger partial charge is 0.423 e. The van der Waals surface area contributed by atoms with E-state index in [9.17, 15) is 13.2 Å². The molecule has 0 heterocycles. The molecule has 0 bridgehead atoms. The van der Waals surface area contributed by atoms with Gasteiger partial charge in [0.1, 0.15) is 16.3 Å². The molecule has 0 spiro atoms. The van der Waals surface area contributed by atoms with E-state index in [-0.39, 0.29) is 11.2 Å². The van der Waals surface area contributed by atoms with Gasteiger partial charge in [0, 0.05) is 11.7 Å². The number of benzene rings is 1. The molecule has 0 aromatic heterocycles. The smallest absolute Gasteiger partial charge is 0.161 e. The molecule has 0 N–H and O–H groups in total. The van der Waals surface area contributed by atoms with Gasteiger partial charge in [0.15, 0.2) is 11.6 Å². The minimum absolute atomic E-state index is 0.140. The Morgan fingerprint density at radius 1 is 1.06 bits per heavy atom. The lowest BCUT2D eigenvalue weighted by Crippen LogP contribution is -2.22. The van der Waals surface area contributed by atoms with Gasteiger partial charge >= 0.3 is 0 Å². The Hall–Kier alpha value is -0.813. The van der Waals surface area contributed by atoms with Gasteiger partial charge in [0.25, 0.3) is 0 Å². The van der Waals surface area contributed by atoms with Crippen LogP contribution in [-0.2, 0) is 10.8 Å². The molecule has 1 aromatic carbocycles. The summed E-state index contributed by atoms with van der Waals surface area (Å²) in [4.78, 5) is 0. The monoisotopic (exact) mass is 276 g/mol. The van der Waals surface area contributed by atoms with Crippen LogP contribution < -0.4 is 0 Å². The number of rotatable bonds is 6. The van der Waals surface area contributed by atoms with Crippen molar-refractivity contribution in [2.75, 3.05) is 0 Å². The van der Waals surface area contributed by atoms with Crippen LogP contribution in [0.2, 0.25) is 0 Å². The maximum Gasteiger partial charge on any atom is 0.161 e. The second-order valence-electron chi connectivity index (χ2n) is 5.03. The Bertz CT molecular complexity index is 407. The highest BCUT2D eigenvalue weighted by molar-refractivity contribution is 5.98. The number of aryl methyl sites for hydroxylation is 1. The van der Waals surface area contributed by atoms with Gasteiger partial charge in [-0.3, -0.25) is 0 Å². The molecule has 0 atom stereocenters. The molecule has 18 heavy (non-hydrogen) atoms. The molecule has 0 fully saturated rings. The standard InChI is InChI=1S/C13H19F3OSi/c1-13(2,17-18)6-4-3-5-9-7-11(15)12(16)8-10(9)14/h7-8H,3-6H2,1-2,18H3. The Morgan fingerprint density at radius 2 is 1.67 bits per heavy atom. The molecule has 0 aliphatic heterocycles. The average Bonchev–Trinajstić information content (AvgIpc) is 2.31. The van der Waals surface area contributed by atoms with Gasteiger partial charge in [-0.15, -0.1) is 0 Å². The van der Waals surface area contributed by atoms with E-state index in [4.69, 9.17) is 4.43 Å². The minimum atomic E-state index is -1.14. The normalized spacial score (nSPS) is 12.1. The van der Waals surface area contributed by atoms with Gasteiger partial charge in [0.2, 0.25) is 0 Å². The zero-order valence-corrected chi connectivity index (χ0v) is 13.0. The second kappa shape index (κ2) is 6.38. The summed E-state index contributed by atoms with van der Waals surface area (Å²) in [5.74, 6) is -2.80. The molecule has 0 aliphatic carbocycles. The maximum atomic E-state index is 13.3. The van der Waals surface area contributed by atoms with Crippen LogP contribution in [0.25, 0.3) is 0 Å². The first-order chi connectivity index (χ1) is 8.35. The third-order valence-corrected chi connectivity index (χ3v) is 4.22. The fourth-order valence-electron chi connectivity index (χ4n) is 1.72. The molecule has 1 rings (SSSR count). The molecule has 1 nitrogen and oxygen atoms in total. The highest BCUT2D eigenvalue weighted by Crippen LogP contribution is 2.19. The molecule has 5 heteroatoms. The molecule has 0 saturated heterocycles. The summed E-state index contributed by atoms with van der Waals surface area (Å²) >= 11 is 0. The predicted octanol–water partition coefficient (Wildman–Crippen LogP) is 2.89. The topological polar surface area (TPSA) is 9.23 Å². The molecule has 0 saturated carbocycles. The van der Waals surface area contributed by atoms with Crippen LogP contribution in [0.3, 0.4) is 0 Å². The van der Waals surface area contributed by atoms with E-state index in [0.717, 1.165) is 25.3 Å². The van der Waals surface area contributed by atoms with E-state index in [1.165, 1.54) is 0 Å². The van der Waals surface area contributed by atoms with Gasteiger partial charge in [-0.25, -0.2) is 13.2 Å². The summed E-state index contributed by atoms with van der Waals surface area (Å²) < 4.78 is 44.4. The van der Waals surface area contributed by atoms with Crippen LogP contribution in [-0.4, -0.2) is 16.1 Å². The van der Waals surface area contributed by atoms with Crippen molar-refractivity contribution in [2.45, 2.75) is 45.1 Å². The van der Waals surface area contributed by atoms with Gasteiger partial charge < -0.3 is 4.43 Å². The minimum Gasteiger partial charge on any atom is -0.423 e.